The largest absolute Gasteiger partial charge is 0.291 e. The minimum atomic E-state index is -0.317. The zero-order valence-electron chi connectivity index (χ0n) is 8.69. The first kappa shape index (κ1) is 10.4. The second kappa shape index (κ2) is 4.16. The third-order valence-electron chi connectivity index (χ3n) is 2.19. The van der Waals surface area contributed by atoms with Gasteiger partial charge in [-0.05, 0) is 6.92 Å². The molecule has 0 saturated heterocycles. The highest BCUT2D eigenvalue weighted by atomic mass is 16.5. The topological polar surface area (TPSA) is 78.0 Å². The van der Waals surface area contributed by atoms with E-state index < -0.39 is 0 Å². The number of nitrogens with zero attached hydrogens (tertiary/aromatic N) is 1. The van der Waals surface area contributed by atoms with Gasteiger partial charge < -0.3 is 0 Å². The Hall–Kier alpha value is -2.14. The van der Waals surface area contributed by atoms with E-state index in [1.54, 1.807) is 0 Å². The summed E-state index contributed by atoms with van der Waals surface area (Å²) >= 11 is 0. The van der Waals surface area contributed by atoms with E-state index in [-0.39, 0.29) is 11.5 Å². The van der Waals surface area contributed by atoms with Gasteiger partial charge in [-0.25, -0.2) is 10.5 Å². The van der Waals surface area contributed by atoms with E-state index >= 15 is 0 Å². The van der Waals surface area contributed by atoms with Gasteiger partial charge in [0.1, 0.15) is 0 Å². The Bertz CT molecular complexity index is 546. The van der Waals surface area contributed by atoms with Crippen LogP contribution in [0.2, 0.25) is 0 Å². The first-order valence-electron chi connectivity index (χ1n) is 4.77. The van der Waals surface area contributed by atoms with Gasteiger partial charge in [-0.15, -0.1) is 0 Å². The van der Waals surface area contributed by atoms with E-state index in [0.29, 0.717) is 5.69 Å². The van der Waals surface area contributed by atoms with Crippen LogP contribution in [0.25, 0.3) is 11.3 Å². The number of aryl methyl sites for hydroxylation is 1. The molecule has 0 aliphatic heterocycles. The Labute approximate surface area is 91.8 Å². The lowest BCUT2D eigenvalue weighted by Gasteiger charge is -2.03. The molecule has 0 fully saturated rings. The minimum Gasteiger partial charge on any atom is -0.291 e. The van der Waals surface area contributed by atoms with Crippen molar-refractivity contribution in [3.63, 3.8) is 0 Å². The number of aromatic nitrogens is 2. The number of H-pyrrole nitrogens is 1. The van der Waals surface area contributed by atoms with Crippen LogP contribution >= 0.6 is 0 Å². The number of rotatable bonds is 2. The predicted molar refractivity (Wildman–Crippen MR) is 60.4 cm³/mol. The molecule has 0 amide bonds. The smallest absolute Gasteiger partial charge is 0.252 e. The minimum absolute atomic E-state index is 0.0306. The third-order valence-corrected chi connectivity index (χ3v) is 2.19. The molecular weight excluding hydrogens is 206 g/mol. The number of hydrogen-bond donors (Lipinski definition) is 3. The summed E-state index contributed by atoms with van der Waals surface area (Å²) in [7, 11) is 0. The highest BCUT2D eigenvalue weighted by molar-refractivity contribution is 5.60. The Balaban J connectivity index is 2.51. The molecule has 1 aromatic heterocycles. The van der Waals surface area contributed by atoms with Crippen molar-refractivity contribution in [3.8, 4) is 11.3 Å². The van der Waals surface area contributed by atoms with Gasteiger partial charge in [-0.2, -0.15) is 0 Å². The molecule has 16 heavy (non-hydrogen) atoms. The van der Waals surface area contributed by atoms with Gasteiger partial charge in [-0.3, -0.25) is 15.0 Å². The molecular formula is C11H11N3O2. The second-order valence-corrected chi connectivity index (χ2v) is 3.46. The molecule has 82 valence electrons. The molecule has 5 heteroatoms. The molecule has 1 heterocycles. The summed E-state index contributed by atoms with van der Waals surface area (Å²) in [6.45, 7) is 1.98. The molecule has 0 atom stereocenters. The zero-order chi connectivity index (χ0) is 11.5. The fourth-order valence-electron chi connectivity index (χ4n) is 1.38. The van der Waals surface area contributed by atoms with Crippen LogP contribution in [-0.2, 0) is 0 Å². The Morgan fingerprint density at radius 3 is 2.62 bits per heavy atom. The van der Waals surface area contributed by atoms with Crippen LogP contribution in [0, 0.1) is 6.92 Å². The van der Waals surface area contributed by atoms with Crippen molar-refractivity contribution in [3.05, 3.63) is 46.2 Å². The van der Waals surface area contributed by atoms with Gasteiger partial charge in [0, 0.05) is 11.6 Å². The average molecular weight is 217 g/mol. The van der Waals surface area contributed by atoms with Gasteiger partial charge in [0.2, 0.25) is 5.95 Å². The standard InChI is InChI=1S/C11H11N3O2/c1-7-2-4-8(5-3-7)9-6-10(15)13-11(12-9)14-16/h2-6,16H,1H3,(H2,12,13,14,15). The maximum absolute atomic E-state index is 11.3. The van der Waals surface area contributed by atoms with Gasteiger partial charge in [0.05, 0.1) is 5.69 Å². The first-order valence-corrected chi connectivity index (χ1v) is 4.77. The van der Waals surface area contributed by atoms with E-state index in [9.17, 15) is 4.79 Å². The summed E-state index contributed by atoms with van der Waals surface area (Å²) in [6.07, 6.45) is 0. The van der Waals surface area contributed by atoms with Crippen molar-refractivity contribution >= 4 is 5.95 Å². The SMILES string of the molecule is Cc1ccc(-c2cc(=O)[nH]c(NO)n2)cc1. The molecule has 0 spiro atoms. The van der Waals surface area contributed by atoms with Crippen LogP contribution in [0.4, 0.5) is 5.95 Å². The molecule has 0 aliphatic carbocycles. The summed E-state index contributed by atoms with van der Waals surface area (Å²) in [5.41, 5.74) is 3.98. The molecule has 0 bridgehead atoms. The number of aromatic amines is 1. The molecule has 2 aromatic rings. The van der Waals surface area contributed by atoms with E-state index in [4.69, 9.17) is 5.21 Å². The number of hydrogen-bond acceptors (Lipinski definition) is 4. The maximum atomic E-state index is 11.3. The monoisotopic (exact) mass is 217 g/mol. The first-order chi connectivity index (χ1) is 7.69. The molecule has 3 N–H and O–H groups in total. The molecule has 1 aromatic carbocycles. The van der Waals surface area contributed by atoms with Crippen LogP contribution < -0.4 is 11.0 Å². The van der Waals surface area contributed by atoms with Crippen LogP contribution in [0.3, 0.4) is 0 Å². The van der Waals surface area contributed by atoms with Crippen molar-refractivity contribution in [1.82, 2.24) is 9.97 Å². The van der Waals surface area contributed by atoms with Gasteiger partial charge in [-0.1, -0.05) is 29.8 Å². The Kier molecular flexibility index (Phi) is 2.70. The van der Waals surface area contributed by atoms with E-state index in [1.165, 1.54) is 6.07 Å². The Morgan fingerprint density at radius 2 is 2.00 bits per heavy atom. The van der Waals surface area contributed by atoms with Gasteiger partial charge >= 0.3 is 0 Å². The lowest BCUT2D eigenvalue weighted by molar-refractivity contribution is 0.382. The second-order valence-electron chi connectivity index (χ2n) is 3.46. The summed E-state index contributed by atoms with van der Waals surface area (Å²) in [5, 5.41) is 8.69. The Morgan fingerprint density at radius 1 is 1.31 bits per heavy atom. The quantitative estimate of drug-likeness (QED) is 0.667. The molecule has 0 aliphatic rings. The summed E-state index contributed by atoms with van der Waals surface area (Å²) < 4.78 is 0. The third kappa shape index (κ3) is 2.09. The summed E-state index contributed by atoms with van der Waals surface area (Å²) in [5.74, 6) is 0.0306. The molecule has 0 unspecified atom stereocenters. The highest BCUT2D eigenvalue weighted by Gasteiger charge is 2.02. The summed E-state index contributed by atoms with van der Waals surface area (Å²) in [6, 6.07) is 9.00. The maximum Gasteiger partial charge on any atom is 0.252 e. The average Bonchev–Trinajstić information content (AvgIpc) is 2.29. The lowest BCUT2D eigenvalue weighted by Crippen LogP contribution is -2.10. The highest BCUT2D eigenvalue weighted by Crippen LogP contribution is 2.16. The zero-order valence-corrected chi connectivity index (χ0v) is 8.69. The van der Waals surface area contributed by atoms with Crippen molar-refractivity contribution in [2.24, 2.45) is 0 Å². The fraction of sp³-hybridized carbons (Fsp3) is 0.0909. The van der Waals surface area contributed by atoms with Crippen LogP contribution in [0.5, 0.6) is 0 Å². The molecule has 5 nitrogen and oxygen atoms in total. The van der Waals surface area contributed by atoms with Gasteiger partial charge in [0.25, 0.3) is 5.56 Å². The van der Waals surface area contributed by atoms with Crippen molar-refractivity contribution in [1.29, 1.82) is 0 Å². The van der Waals surface area contributed by atoms with E-state index in [2.05, 4.69) is 9.97 Å². The van der Waals surface area contributed by atoms with Gasteiger partial charge in [0.15, 0.2) is 0 Å². The number of benzene rings is 1. The van der Waals surface area contributed by atoms with E-state index in [1.807, 2.05) is 36.7 Å². The van der Waals surface area contributed by atoms with Crippen molar-refractivity contribution < 1.29 is 5.21 Å². The lowest BCUT2D eigenvalue weighted by atomic mass is 10.1. The molecule has 0 radical (unpaired) electrons. The normalized spacial score (nSPS) is 10.1. The number of nitrogens with one attached hydrogen (secondary N) is 2. The summed E-state index contributed by atoms with van der Waals surface area (Å²) in [4.78, 5) is 17.6. The van der Waals surface area contributed by atoms with Crippen molar-refractivity contribution in [2.45, 2.75) is 6.92 Å². The van der Waals surface area contributed by atoms with Crippen LogP contribution in [0.15, 0.2) is 35.1 Å². The molecule has 2 rings (SSSR count). The van der Waals surface area contributed by atoms with Crippen LogP contribution in [0.1, 0.15) is 5.56 Å². The molecule has 0 saturated carbocycles. The predicted octanol–water partition coefficient (Wildman–Crippen LogP) is 1.55. The van der Waals surface area contributed by atoms with Crippen LogP contribution in [-0.4, -0.2) is 15.2 Å². The number of anilines is 1. The van der Waals surface area contributed by atoms with Crippen molar-refractivity contribution in [2.75, 3.05) is 5.48 Å². The fourth-order valence-corrected chi connectivity index (χ4v) is 1.38. The van der Waals surface area contributed by atoms with E-state index in [0.717, 1.165) is 11.1 Å².